The summed E-state index contributed by atoms with van der Waals surface area (Å²) in [5.74, 6) is 0.463. The minimum absolute atomic E-state index is 0.238. The summed E-state index contributed by atoms with van der Waals surface area (Å²) in [6, 6.07) is 13.1. The molecule has 0 saturated carbocycles. The van der Waals surface area contributed by atoms with Gasteiger partial charge in [0.25, 0.3) is 5.91 Å². The maximum absolute atomic E-state index is 12.1. The number of furan rings is 1. The molecule has 24 heavy (non-hydrogen) atoms. The van der Waals surface area contributed by atoms with Crippen LogP contribution in [-0.4, -0.2) is 10.9 Å². The molecule has 122 valence electrons. The molecule has 0 bridgehead atoms. The van der Waals surface area contributed by atoms with Gasteiger partial charge in [0.15, 0.2) is 0 Å². The molecular formula is C18H16BrN3O2. The van der Waals surface area contributed by atoms with Crippen LogP contribution >= 0.6 is 15.9 Å². The van der Waals surface area contributed by atoms with Crippen molar-refractivity contribution in [1.82, 2.24) is 10.3 Å². The van der Waals surface area contributed by atoms with Crippen molar-refractivity contribution in [3.8, 4) is 0 Å². The number of aromatic nitrogens is 1. The Bertz CT molecular complexity index is 830. The summed E-state index contributed by atoms with van der Waals surface area (Å²) in [7, 11) is 0. The van der Waals surface area contributed by atoms with Crippen molar-refractivity contribution in [3.63, 3.8) is 0 Å². The van der Waals surface area contributed by atoms with Crippen LogP contribution in [0.5, 0.6) is 0 Å². The molecule has 0 saturated heterocycles. The fourth-order valence-corrected chi connectivity index (χ4v) is 2.67. The van der Waals surface area contributed by atoms with E-state index in [0.717, 1.165) is 21.4 Å². The molecule has 1 amide bonds. The molecule has 1 aromatic carbocycles. The topological polar surface area (TPSA) is 67.2 Å². The van der Waals surface area contributed by atoms with Crippen LogP contribution < -0.4 is 10.6 Å². The second kappa shape index (κ2) is 7.31. The van der Waals surface area contributed by atoms with Crippen LogP contribution in [-0.2, 0) is 6.54 Å². The van der Waals surface area contributed by atoms with Gasteiger partial charge in [-0.3, -0.25) is 4.79 Å². The number of nitrogens with zero attached hydrogens (tertiary/aromatic N) is 1. The molecule has 0 spiro atoms. The molecule has 0 unspecified atom stereocenters. The van der Waals surface area contributed by atoms with Crippen molar-refractivity contribution in [1.29, 1.82) is 0 Å². The van der Waals surface area contributed by atoms with E-state index in [4.69, 9.17) is 4.42 Å². The molecule has 5 nitrogen and oxygen atoms in total. The van der Waals surface area contributed by atoms with Crippen molar-refractivity contribution in [2.75, 3.05) is 5.32 Å². The van der Waals surface area contributed by atoms with Crippen molar-refractivity contribution >= 4 is 33.2 Å². The monoisotopic (exact) mass is 385 g/mol. The number of hydrogen-bond donors (Lipinski definition) is 2. The first-order valence-corrected chi connectivity index (χ1v) is 8.21. The third-order valence-electron chi connectivity index (χ3n) is 3.47. The van der Waals surface area contributed by atoms with Gasteiger partial charge in [-0.25, -0.2) is 4.98 Å². The van der Waals surface area contributed by atoms with Gasteiger partial charge in [0.05, 0.1) is 24.7 Å². The molecule has 0 aliphatic heterocycles. The molecule has 0 radical (unpaired) electrons. The number of pyridine rings is 1. The highest BCUT2D eigenvalue weighted by atomic mass is 79.9. The Morgan fingerprint density at radius 1 is 1.25 bits per heavy atom. The van der Waals surface area contributed by atoms with Crippen LogP contribution in [0.3, 0.4) is 0 Å². The Labute approximate surface area is 148 Å². The number of carbonyl (C=O) groups is 1. The number of amides is 1. The van der Waals surface area contributed by atoms with Crippen LogP contribution in [0.15, 0.2) is 63.8 Å². The van der Waals surface area contributed by atoms with E-state index in [-0.39, 0.29) is 5.91 Å². The second-order valence-corrected chi connectivity index (χ2v) is 6.19. The van der Waals surface area contributed by atoms with E-state index < -0.39 is 0 Å². The van der Waals surface area contributed by atoms with E-state index in [9.17, 15) is 4.79 Å². The molecule has 2 heterocycles. The highest BCUT2D eigenvalue weighted by Crippen LogP contribution is 2.23. The molecule has 0 fully saturated rings. The summed E-state index contributed by atoms with van der Waals surface area (Å²) >= 11 is 3.44. The smallest absolute Gasteiger partial charge is 0.270 e. The standard InChI is InChI=1S/C18H16BrN3O2/c1-12-9-13(19)4-6-16(12)22-14-5-7-17(20-10-14)18(23)21-11-15-3-2-8-24-15/h2-10,22H,11H2,1H3,(H,21,23). The largest absolute Gasteiger partial charge is 0.467 e. The number of rotatable bonds is 5. The summed E-state index contributed by atoms with van der Waals surface area (Å²) in [6.07, 6.45) is 3.22. The van der Waals surface area contributed by atoms with Crippen molar-refractivity contribution in [2.45, 2.75) is 13.5 Å². The number of halogens is 1. The van der Waals surface area contributed by atoms with Gasteiger partial charge in [0.2, 0.25) is 0 Å². The lowest BCUT2D eigenvalue weighted by Gasteiger charge is -2.10. The first-order chi connectivity index (χ1) is 11.6. The fourth-order valence-electron chi connectivity index (χ4n) is 2.20. The number of anilines is 2. The Morgan fingerprint density at radius 2 is 2.12 bits per heavy atom. The normalized spacial score (nSPS) is 10.4. The first kappa shape index (κ1) is 16.3. The van der Waals surface area contributed by atoms with Gasteiger partial charge in [-0.1, -0.05) is 15.9 Å². The van der Waals surface area contributed by atoms with Gasteiger partial charge >= 0.3 is 0 Å². The van der Waals surface area contributed by atoms with Gasteiger partial charge in [-0.15, -0.1) is 0 Å². The number of nitrogens with one attached hydrogen (secondary N) is 2. The molecule has 3 rings (SSSR count). The average molecular weight is 386 g/mol. The predicted molar refractivity (Wildman–Crippen MR) is 96.3 cm³/mol. The highest BCUT2D eigenvalue weighted by Gasteiger charge is 2.08. The fraction of sp³-hybridized carbons (Fsp3) is 0.111. The Balaban J connectivity index is 1.63. The van der Waals surface area contributed by atoms with Gasteiger partial charge in [-0.05, 0) is 55.0 Å². The number of aryl methyl sites for hydroxylation is 1. The molecule has 2 N–H and O–H groups in total. The van der Waals surface area contributed by atoms with E-state index in [1.165, 1.54) is 0 Å². The van der Waals surface area contributed by atoms with Crippen LogP contribution in [0.25, 0.3) is 0 Å². The maximum atomic E-state index is 12.1. The van der Waals surface area contributed by atoms with Crippen LogP contribution in [0, 0.1) is 6.92 Å². The maximum Gasteiger partial charge on any atom is 0.270 e. The molecule has 2 aromatic heterocycles. The first-order valence-electron chi connectivity index (χ1n) is 7.41. The molecule has 0 aliphatic rings. The van der Waals surface area contributed by atoms with Crippen LogP contribution in [0.1, 0.15) is 21.8 Å². The zero-order valence-electron chi connectivity index (χ0n) is 13.0. The third kappa shape index (κ3) is 4.02. The van der Waals surface area contributed by atoms with Gasteiger partial charge in [-0.2, -0.15) is 0 Å². The lowest BCUT2D eigenvalue weighted by Crippen LogP contribution is -2.23. The molecule has 6 heteroatoms. The Hall–Kier alpha value is -2.60. The predicted octanol–water partition coefficient (Wildman–Crippen LogP) is 4.42. The van der Waals surface area contributed by atoms with Crippen LogP contribution in [0.2, 0.25) is 0 Å². The summed E-state index contributed by atoms with van der Waals surface area (Å²) in [5, 5.41) is 6.05. The number of hydrogen-bond acceptors (Lipinski definition) is 4. The quantitative estimate of drug-likeness (QED) is 0.681. The van der Waals surface area contributed by atoms with Crippen molar-refractivity contribution < 1.29 is 9.21 Å². The van der Waals surface area contributed by atoms with E-state index in [1.807, 2.05) is 31.2 Å². The van der Waals surface area contributed by atoms with Crippen molar-refractivity contribution in [2.24, 2.45) is 0 Å². The zero-order chi connectivity index (χ0) is 16.9. The summed E-state index contributed by atoms with van der Waals surface area (Å²) in [6.45, 7) is 2.36. The molecule has 0 aliphatic carbocycles. The van der Waals surface area contributed by atoms with Gasteiger partial charge < -0.3 is 15.1 Å². The minimum atomic E-state index is -0.238. The lowest BCUT2D eigenvalue weighted by atomic mass is 10.2. The summed E-state index contributed by atoms with van der Waals surface area (Å²) in [5.41, 5.74) is 3.29. The Morgan fingerprint density at radius 3 is 2.79 bits per heavy atom. The van der Waals surface area contributed by atoms with E-state index in [2.05, 4.69) is 31.5 Å². The average Bonchev–Trinajstić information content (AvgIpc) is 3.09. The molecule has 0 atom stereocenters. The lowest BCUT2D eigenvalue weighted by molar-refractivity contribution is 0.0943. The van der Waals surface area contributed by atoms with E-state index >= 15 is 0 Å². The van der Waals surface area contributed by atoms with E-state index in [1.54, 1.807) is 30.7 Å². The number of carbonyl (C=O) groups excluding carboxylic acids is 1. The third-order valence-corrected chi connectivity index (χ3v) is 3.96. The molecular weight excluding hydrogens is 370 g/mol. The summed E-state index contributed by atoms with van der Waals surface area (Å²) < 4.78 is 6.21. The summed E-state index contributed by atoms with van der Waals surface area (Å²) in [4.78, 5) is 16.3. The van der Waals surface area contributed by atoms with Gasteiger partial charge in [0, 0.05) is 10.2 Å². The molecule has 3 aromatic rings. The van der Waals surface area contributed by atoms with Crippen molar-refractivity contribution in [3.05, 3.63) is 76.4 Å². The highest BCUT2D eigenvalue weighted by molar-refractivity contribution is 9.10. The number of benzene rings is 1. The Kier molecular flexibility index (Phi) is 4.96. The zero-order valence-corrected chi connectivity index (χ0v) is 14.6. The SMILES string of the molecule is Cc1cc(Br)ccc1Nc1ccc(C(=O)NCc2ccco2)nc1. The minimum Gasteiger partial charge on any atom is -0.467 e. The second-order valence-electron chi connectivity index (χ2n) is 5.28. The van der Waals surface area contributed by atoms with E-state index in [0.29, 0.717) is 18.0 Å². The van der Waals surface area contributed by atoms with Crippen LogP contribution in [0.4, 0.5) is 11.4 Å². The van der Waals surface area contributed by atoms with Gasteiger partial charge in [0.1, 0.15) is 11.5 Å².